The Hall–Kier alpha value is -1.95. The molecule has 2 rings (SSSR count). The van der Waals surface area contributed by atoms with Crippen molar-refractivity contribution in [1.29, 1.82) is 0 Å². The van der Waals surface area contributed by atoms with E-state index in [1.54, 1.807) is 0 Å². The van der Waals surface area contributed by atoms with Crippen LogP contribution in [0.5, 0.6) is 5.88 Å². The second kappa shape index (κ2) is 4.92. The van der Waals surface area contributed by atoms with Crippen LogP contribution in [-0.2, 0) is 0 Å². The molecule has 6 heteroatoms. The molecular weight excluding hydrogens is 230 g/mol. The average Bonchev–Trinajstić information content (AvgIpc) is 2.75. The smallest absolute Gasteiger partial charge is 0.254 e. The molecule has 0 unspecified atom stereocenters. The Morgan fingerprint density at radius 2 is 2.12 bits per heavy atom. The highest BCUT2D eigenvalue weighted by Gasteiger charge is 2.12. The van der Waals surface area contributed by atoms with Crippen molar-refractivity contribution in [2.75, 3.05) is 13.2 Å². The van der Waals surface area contributed by atoms with Crippen molar-refractivity contribution >= 4 is 0 Å². The lowest BCUT2D eigenvalue weighted by atomic mass is 10.1. The van der Waals surface area contributed by atoms with Gasteiger partial charge in [-0.3, -0.25) is 0 Å². The van der Waals surface area contributed by atoms with Crippen molar-refractivity contribution < 1.29 is 18.0 Å². The van der Waals surface area contributed by atoms with Crippen LogP contribution >= 0.6 is 0 Å². The Balaban J connectivity index is 2.24. The summed E-state index contributed by atoms with van der Waals surface area (Å²) in [6, 6.07) is 4.61. The SMILES string of the molecule is NCCOc1cc(-c2ccc(F)cc2F)on1. The van der Waals surface area contributed by atoms with Crippen LogP contribution in [0.15, 0.2) is 28.8 Å². The molecule has 0 aliphatic carbocycles. The number of halogens is 2. The van der Waals surface area contributed by atoms with E-state index >= 15 is 0 Å². The van der Waals surface area contributed by atoms with Gasteiger partial charge in [-0.1, -0.05) is 0 Å². The van der Waals surface area contributed by atoms with Crippen LogP contribution in [0.2, 0.25) is 0 Å². The quantitative estimate of drug-likeness (QED) is 0.887. The zero-order chi connectivity index (χ0) is 12.3. The maximum atomic E-state index is 13.4. The van der Waals surface area contributed by atoms with Gasteiger partial charge in [-0.25, -0.2) is 8.78 Å². The van der Waals surface area contributed by atoms with E-state index < -0.39 is 11.6 Å². The second-order valence-electron chi connectivity index (χ2n) is 3.29. The van der Waals surface area contributed by atoms with Gasteiger partial charge in [0.25, 0.3) is 5.88 Å². The van der Waals surface area contributed by atoms with Gasteiger partial charge in [0.2, 0.25) is 0 Å². The highest BCUT2D eigenvalue weighted by molar-refractivity contribution is 5.58. The molecule has 1 aromatic heterocycles. The molecule has 4 nitrogen and oxygen atoms in total. The largest absolute Gasteiger partial charge is 0.474 e. The first kappa shape index (κ1) is 11.5. The highest BCUT2D eigenvalue weighted by atomic mass is 19.1. The summed E-state index contributed by atoms with van der Waals surface area (Å²) >= 11 is 0. The molecule has 0 amide bonds. The van der Waals surface area contributed by atoms with E-state index in [4.69, 9.17) is 15.0 Å². The molecule has 0 spiro atoms. The van der Waals surface area contributed by atoms with Gasteiger partial charge >= 0.3 is 0 Å². The highest BCUT2D eigenvalue weighted by Crippen LogP contribution is 2.26. The molecule has 0 aliphatic rings. The maximum absolute atomic E-state index is 13.4. The van der Waals surface area contributed by atoms with E-state index in [0.29, 0.717) is 6.54 Å². The van der Waals surface area contributed by atoms with Crippen molar-refractivity contribution in [2.24, 2.45) is 5.73 Å². The summed E-state index contributed by atoms with van der Waals surface area (Å²) in [5, 5.41) is 3.58. The summed E-state index contributed by atoms with van der Waals surface area (Å²) in [7, 11) is 0. The predicted octanol–water partition coefficient (Wildman–Crippen LogP) is 1.96. The molecule has 0 radical (unpaired) electrons. The molecule has 1 heterocycles. The van der Waals surface area contributed by atoms with Crippen LogP contribution in [0.1, 0.15) is 0 Å². The minimum atomic E-state index is -0.716. The molecule has 17 heavy (non-hydrogen) atoms. The van der Waals surface area contributed by atoms with Gasteiger partial charge in [-0.2, -0.15) is 0 Å². The van der Waals surface area contributed by atoms with E-state index in [1.165, 1.54) is 12.1 Å². The van der Waals surface area contributed by atoms with Crippen LogP contribution in [0.3, 0.4) is 0 Å². The summed E-state index contributed by atoms with van der Waals surface area (Å²) in [6.45, 7) is 0.630. The minimum absolute atomic E-state index is 0.126. The lowest BCUT2D eigenvalue weighted by Gasteiger charge is -1.97. The fourth-order valence-electron chi connectivity index (χ4n) is 1.31. The number of benzene rings is 1. The lowest BCUT2D eigenvalue weighted by molar-refractivity contribution is 0.288. The number of hydrogen-bond acceptors (Lipinski definition) is 4. The zero-order valence-corrected chi connectivity index (χ0v) is 8.82. The van der Waals surface area contributed by atoms with E-state index in [2.05, 4.69) is 5.16 Å². The van der Waals surface area contributed by atoms with Crippen molar-refractivity contribution in [1.82, 2.24) is 5.16 Å². The third-order valence-corrected chi connectivity index (χ3v) is 2.05. The Morgan fingerprint density at radius 3 is 2.82 bits per heavy atom. The summed E-state index contributed by atoms with van der Waals surface area (Å²) in [6.07, 6.45) is 0. The van der Waals surface area contributed by atoms with Gasteiger partial charge in [0.05, 0.1) is 5.56 Å². The van der Waals surface area contributed by atoms with Crippen molar-refractivity contribution in [3.05, 3.63) is 35.9 Å². The number of nitrogens with zero attached hydrogens (tertiary/aromatic N) is 1. The first-order chi connectivity index (χ1) is 8.20. The van der Waals surface area contributed by atoms with Crippen molar-refractivity contribution in [3.63, 3.8) is 0 Å². The number of rotatable bonds is 4. The van der Waals surface area contributed by atoms with Crippen LogP contribution in [-0.4, -0.2) is 18.3 Å². The standard InChI is InChI=1S/C11H10F2N2O2/c12-7-1-2-8(9(13)5-7)10-6-11(15-17-10)16-4-3-14/h1-2,5-6H,3-4,14H2. The van der Waals surface area contributed by atoms with E-state index in [9.17, 15) is 8.78 Å². The van der Waals surface area contributed by atoms with Gasteiger partial charge in [-0.05, 0) is 17.3 Å². The normalized spacial score (nSPS) is 10.5. The fourth-order valence-corrected chi connectivity index (χ4v) is 1.31. The molecule has 0 aliphatic heterocycles. The van der Waals surface area contributed by atoms with E-state index in [0.717, 1.165) is 12.1 Å². The van der Waals surface area contributed by atoms with Crippen LogP contribution in [0.4, 0.5) is 8.78 Å². The minimum Gasteiger partial charge on any atom is -0.474 e. The van der Waals surface area contributed by atoms with Gasteiger partial charge < -0.3 is 15.0 Å². The predicted molar refractivity (Wildman–Crippen MR) is 56.4 cm³/mol. The summed E-state index contributed by atoms with van der Waals surface area (Å²) in [5.74, 6) is -0.972. The molecule has 2 N–H and O–H groups in total. The molecule has 0 atom stereocenters. The Labute approximate surface area is 96.0 Å². The van der Waals surface area contributed by atoms with E-state index in [1.807, 2.05) is 0 Å². The number of ether oxygens (including phenoxy) is 1. The van der Waals surface area contributed by atoms with E-state index in [-0.39, 0.29) is 23.8 Å². The number of aromatic nitrogens is 1. The molecule has 2 aromatic rings. The molecular formula is C11H10F2N2O2. The lowest BCUT2D eigenvalue weighted by Crippen LogP contribution is -2.10. The Kier molecular flexibility index (Phi) is 3.34. The molecule has 0 fully saturated rings. The van der Waals surface area contributed by atoms with Crippen LogP contribution in [0, 0.1) is 11.6 Å². The number of hydrogen-bond donors (Lipinski definition) is 1. The van der Waals surface area contributed by atoms with Crippen molar-refractivity contribution in [3.8, 4) is 17.2 Å². The first-order valence-electron chi connectivity index (χ1n) is 4.95. The van der Waals surface area contributed by atoms with Crippen molar-refractivity contribution in [2.45, 2.75) is 0 Å². The first-order valence-corrected chi connectivity index (χ1v) is 4.95. The summed E-state index contributed by atoms with van der Waals surface area (Å²) < 4.78 is 36.1. The third kappa shape index (κ3) is 2.59. The Bertz CT molecular complexity index is 514. The molecule has 90 valence electrons. The van der Waals surface area contributed by atoms with Crippen LogP contribution < -0.4 is 10.5 Å². The summed E-state index contributed by atoms with van der Waals surface area (Å²) in [4.78, 5) is 0. The molecule has 0 saturated carbocycles. The van der Waals surface area contributed by atoms with Crippen LogP contribution in [0.25, 0.3) is 11.3 Å². The monoisotopic (exact) mass is 240 g/mol. The summed E-state index contributed by atoms with van der Waals surface area (Å²) in [5.41, 5.74) is 5.38. The van der Waals surface area contributed by atoms with Gasteiger partial charge in [-0.15, -0.1) is 0 Å². The number of nitrogens with two attached hydrogens (primary N) is 1. The second-order valence-corrected chi connectivity index (χ2v) is 3.29. The Morgan fingerprint density at radius 1 is 1.29 bits per heavy atom. The van der Waals surface area contributed by atoms with Gasteiger partial charge in [0.1, 0.15) is 18.2 Å². The molecule has 0 saturated heterocycles. The topological polar surface area (TPSA) is 61.3 Å². The molecule has 1 aromatic carbocycles. The average molecular weight is 240 g/mol. The zero-order valence-electron chi connectivity index (χ0n) is 8.82. The fraction of sp³-hybridized carbons (Fsp3) is 0.182. The molecule has 0 bridgehead atoms. The van der Waals surface area contributed by atoms with Gasteiger partial charge in [0, 0.05) is 18.7 Å². The third-order valence-electron chi connectivity index (χ3n) is 2.05. The van der Waals surface area contributed by atoms with Gasteiger partial charge in [0.15, 0.2) is 5.76 Å². The maximum Gasteiger partial charge on any atom is 0.254 e.